The number of anilines is 1. The molecule has 0 aromatic heterocycles. The second kappa shape index (κ2) is 4.89. The van der Waals surface area contributed by atoms with Crippen molar-refractivity contribution in [2.45, 2.75) is 9.79 Å². The lowest BCUT2D eigenvalue weighted by atomic mass is 10.2. The Morgan fingerprint density at radius 1 is 1.18 bits per heavy atom. The fraction of sp³-hybridized carbons (Fsp3) is 0. The molecular formula is C13H9FN2S. The standard InChI is InChI=1S/C13H9FN2S/c14-10-2-1-3-11(7-10)17-13-5-4-9(8-15)6-12(13)16/h1-7H,16H2. The highest BCUT2D eigenvalue weighted by molar-refractivity contribution is 7.99. The molecule has 17 heavy (non-hydrogen) atoms. The van der Waals surface area contributed by atoms with Gasteiger partial charge in [0.25, 0.3) is 0 Å². The molecule has 0 saturated heterocycles. The minimum atomic E-state index is -0.276. The minimum absolute atomic E-state index is 0.276. The lowest BCUT2D eigenvalue weighted by molar-refractivity contribution is 0.624. The molecule has 84 valence electrons. The largest absolute Gasteiger partial charge is 0.398 e. The molecule has 0 spiro atoms. The second-order valence-electron chi connectivity index (χ2n) is 3.42. The maximum atomic E-state index is 13.0. The number of benzene rings is 2. The zero-order valence-electron chi connectivity index (χ0n) is 8.85. The number of nitrogens with zero attached hydrogens (tertiary/aromatic N) is 1. The van der Waals surface area contributed by atoms with Crippen molar-refractivity contribution in [3.05, 3.63) is 53.8 Å². The molecule has 2 N–H and O–H groups in total. The van der Waals surface area contributed by atoms with E-state index >= 15 is 0 Å². The number of nitrogen functional groups attached to an aromatic ring is 1. The molecule has 0 atom stereocenters. The van der Waals surface area contributed by atoms with Gasteiger partial charge < -0.3 is 5.73 Å². The summed E-state index contributed by atoms with van der Waals surface area (Å²) in [7, 11) is 0. The van der Waals surface area contributed by atoms with Gasteiger partial charge in [-0.25, -0.2) is 4.39 Å². The average Bonchev–Trinajstić information content (AvgIpc) is 2.32. The van der Waals surface area contributed by atoms with Crippen LogP contribution in [0.15, 0.2) is 52.3 Å². The molecule has 0 amide bonds. The summed E-state index contributed by atoms with van der Waals surface area (Å²) in [6.07, 6.45) is 0. The number of hydrogen-bond acceptors (Lipinski definition) is 3. The van der Waals surface area contributed by atoms with Crippen molar-refractivity contribution in [2.75, 3.05) is 5.73 Å². The van der Waals surface area contributed by atoms with Crippen molar-refractivity contribution in [1.29, 1.82) is 5.26 Å². The third-order valence-corrected chi connectivity index (χ3v) is 3.24. The third kappa shape index (κ3) is 2.77. The van der Waals surface area contributed by atoms with E-state index in [1.165, 1.54) is 23.9 Å². The summed E-state index contributed by atoms with van der Waals surface area (Å²) in [5.41, 5.74) is 6.86. The van der Waals surface area contributed by atoms with Gasteiger partial charge in [0.2, 0.25) is 0 Å². The Bertz CT molecular complexity index is 590. The first kappa shape index (κ1) is 11.5. The van der Waals surface area contributed by atoms with E-state index in [0.717, 1.165) is 9.79 Å². The summed E-state index contributed by atoms with van der Waals surface area (Å²) < 4.78 is 13.0. The summed E-state index contributed by atoms with van der Waals surface area (Å²) in [4.78, 5) is 1.59. The van der Waals surface area contributed by atoms with Gasteiger partial charge in [-0.15, -0.1) is 0 Å². The number of nitrogens with two attached hydrogens (primary N) is 1. The molecule has 0 radical (unpaired) electrons. The van der Waals surface area contributed by atoms with Crippen LogP contribution in [-0.2, 0) is 0 Å². The molecule has 2 aromatic rings. The molecule has 0 unspecified atom stereocenters. The molecular weight excluding hydrogens is 235 g/mol. The monoisotopic (exact) mass is 244 g/mol. The molecule has 2 nitrogen and oxygen atoms in total. The Morgan fingerprint density at radius 2 is 2.00 bits per heavy atom. The molecule has 2 aromatic carbocycles. The Labute approximate surface area is 103 Å². The zero-order valence-corrected chi connectivity index (χ0v) is 9.67. The minimum Gasteiger partial charge on any atom is -0.398 e. The van der Waals surface area contributed by atoms with Gasteiger partial charge in [-0.1, -0.05) is 17.8 Å². The number of nitriles is 1. The average molecular weight is 244 g/mol. The van der Waals surface area contributed by atoms with Gasteiger partial charge in [-0.05, 0) is 36.4 Å². The maximum absolute atomic E-state index is 13.0. The summed E-state index contributed by atoms with van der Waals surface area (Å²) >= 11 is 1.37. The third-order valence-electron chi connectivity index (χ3n) is 2.16. The summed E-state index contributed by atoms with van der Waals surface area (Å²) in [5, 5.41) is 8.72. The van der Waals surface area contributed by atoms with Crippen molar-refractivity contribution in [3.8, 4) is 6.07 Å². The topological polar surface area (TPSA) is 49.8 Å². The molecule has 0 aliphatic rings. The van der Waals surface area contributed by atoms with Gasteiger partial charge >= 0.3 is 0 Å². The fourth-order valence-electron chi connectivity index (χ4n) is 1.37. The molecule has 0 aliphatic carbocycles. The quantitative estimate of drug-likeness (QED) is 0.823. The van der Waals surface area contributed by atoms with Gasteiger partial charge in [0.05, 0.1) is 11.6 Å². The smallest absolute Gasteiger partial charge is 0.124 e. The molecule has 0 bridgehead atoms. The van der Waals surface area contributed by atoms with E-state index in [1.54, 1.807) is 24.3 Å². The summed E-state index contributed by atoms with van der Waals surface area (Å²) in [6.45, 7) is 0. The van der Waals surface area contributed by atoms with Gasteiger partial charge in [0.15, 0.2) is 0 Å². The molecule has 4 heteroatoms. The van der Waals surface area contributed by atoms with Crippen molar-refractivity contribution >= 4 is 17.4 Å². The number of halogens is 1. The van der Waals surface area contributed by atoms with Crippen molar-refractivity contribution in [2.24, 2.45) is 0 Å². The van der Waals surface area contributed by atoms with Crippen molar-refractivity contribution < 1.29 is 4.39 Å². The SMILES string of the molecule is N#Cc1ccc(Sc2cccc(F)c2)c(N)c1. The van der Waals surface area contributed by atoms with Crippen LogP contribution in [0.5, 0.6) is 0 Å². The predicted octanol–water partition coefficient (Wildman–Crippen LogP) is 3.43. The van der Waals surface area contributed by atoms with Gasteiger partial charge in [0.1, 0.15) is 5.82 Å². The molecule has 2 rings (SSSR count). The normalized spacial score (nSPS) is 9.88. The van der Waals surface area contributed by atoms with Crippen LogP contribution in [0.2, 0.25) is 0 Å². The van der Waals surface area contributed by atoms with Crippen molar-refractivity contribution in [1.82, 2.24) is 0 Å². The zero-order chi connectivity index (χ0) is 12.3. The highest BCUT2D eigenvalue weighted by Crippen LogP contribution is 2.32. The molecule has 0 aliphatic heterocycles. The van der Waals surface area contributed by atoms with Crippen LogP contribution in [0, 0.1) is 17.1 Å². The Balaban J connectivity index is 2.28. The van der Waals surface area contributed by atoms with E-state index in [2.05, 4.69) is 0 Å². The number of hydrogen-bond donors (Lipinski definition) is 1. The van der Waals surface area contributed by atoms with E-state index < -0.39 is 0 Å². The van der Waals surface area contributed by atoms with Crippen LogP contribution < -0.4 is 5.73 Å². The first-order valence-electron chi connectivity index (χ1n) is 4.92. The van der Waals surface area contributed by atoms with Gasteiger partial charge in [0, 0.05) is 15.5 Å². The van der Waals surface area contributed by atoms with Crippen LogP contribution in [0.1, 0.15) is 5.56 Å². The maximum Gasteiger partial charge on any atom is 0.124 e. The van der Waals surface area contributed by atoms with Crippen LogP contribution >= 0.6 is 11.8 Å². The number of rotatable bonds is 2. The first-order valence-corrected chi connectivity index (χ1v) is 5.74. The van der Waals surface area contributed by atoms with Crippen LogP contribution in [-0.4, -0.2) is 0 Å². The molecule has 0 fully saturated rings. The van der Waals surface area contributed by atoms with Crippen LogP contribution in [0.4, 0.5) is 10.1 Å². The van der Waals surface area contributed by atoms with Crippen LogP contribution in [0.3, 0.4) is 0 Å². The van der Waals surface area contributed by atoms with E-state index in [9.17, 15) is 4.39 Å². The highest BCUT2D eigenvalue weighted by atomic mass is 32.2. The van der Waals surface area contributed by atoms with E-state index in [4.69, 9.17) is 11.0 Å². The predicted molar refractivity (Wildman–Crippen MR) is 66.1 cm³/mol. The second-order valence-corrected chi connectivity index (χ2v) is 4.54. The molecule has 0 heterocycles. The van der Waals surface area contributed by atoms with E-state index in [0.29, 0.717) is 11.3 Å². The van der Waals surface area contributed by atoms with E-state index in [1.807, 2.05) is 12.1 Å². The fourth-order valence-corrected chi connectivity index (χ4v) is 2.25. The van der Waals surface area contributed by atoms with Gasteiger partial charge in [-0.3, -0.25) is 0 Å². The van der Waals surface area contributed by atoms with Gasteiger partial charge in [-0.2, -0.15) is 5.26 Å². The van der Waals surface area contributed by atoms with Crippen molar-refractivity contribution in [3.63, 3.8) is 0 Å². The van der Waals surface area contributed by atoms with Crippen LogP contribution in [0.25, 0.3) is 0 Å². The lowest BCUT2D eigenvalue weighted by Crippen LogP contribution is -1.89. The Morgan fingerprint density at radius 3 is 2.65 bits per heavy atom. The first-order chi connectivity index (χ1) is 8.19. The highest BCUT2D eigenvalue weighted by Gasteiger charge is 2.03. The lowest BCUT2D eigenvalue weighted by Gasteiger charge is -2.05. The van der Waals surface area contributed by atoms with E-state index in [-0.39, 0.29) is 5.82 Å². The summed E-state index contributed by atoms with van der Waals surface area (Å²) in [6, 6.07) is 13.4. The Hall–Kier alpha value is -1.99. The summed E-state index contributed by atoms with van der Waals surface area (Å²) in [5.74, 6) is -0.276. The molecule has 0 saturated carbocycles. The Kier molecular flexibility index (Phi) is 3.31.